The first-order valence-electron chi connectivity index (χ1n) is 5.24. The Labute approximate surface area is 94.4 Å². The van der Waals surface area contributed by atoms with Gasteiger partial charge in [0.2, 0.25) is 0 Å². The van der Waals surface area contributed by atoms with Crippen molar-refractivity contribution in [3.05, 3.63) is 23.9 Å². The zero-order valence-electron chi connectivity index (χ0n) is 8.69. The SMILES string of the molecule is Nc1ccc(CSCC2CCCO2)cn1. The summed E-state index contributed by atoms with van der Waals surface area (Å²) in [6, 6.07) is 3.88. The second-order valence-corrected chi connectivity index (χ2v) is 4.77. The molecular weight excluding hydrogens is 208 g/mol. The van der Waals surface area contributed by atoms with Gasteiger partial charge < -0.3 is 10.5 Å². The van der Waals surface area contributed by atoms with E-state index < -0.39 is 0 Å². The quantitative estimate of drug-likeness (QED) is 0.850. The topological polar surface area (TPSA) is 48.1 Å². The van der Waals surface area contributed by atoms with Crippen molar-refractivity contribution in [1.29, 1.82) is 0 Å². The lowest BCUT2D eigenvalue weighted by molar-refractivity contribution is 0.129. The van der Waals surface area contributed by atoms with Crippen LogP contribution in [0.5, 0.6) is 0 Å². The summed E-state index contributed by atoms with van der Waals surface area (Å²) < 4.78 is 5.55. The first-order chi connectivity index (χ1) is 7.34. The predicted octanol–water partition coefficient (Wildman–Crippen LogP) is 2.08. The fourth-order valence-corrected chi connectivity index (χ4v) is 2.66. The molecule has 2 heterocycles. The molecule has 82 valence electrons. The molecular formula is C11H16N2OS. The van der Waals surface area contributed by atoms with Crippen LogP contribution in [-0.2, 0) is 10.5 Å². The number of nitrogens with two attached hydrogens (primary N) is 1. The second kappa shape index (κ2) is 5.37. The highest BCUT2D eigenvalue weighted by atomic mass is 32.2. The Hall–Kier alpha value is -0.740. The van der Waals surface area contributed by atoms with Gasteiger partial charge in [-0.3, -0.25) is 0 Å². The molecule has 1 aliphatic heterocycles. The van der Waals surface area contributed by atoms with E-state index in [0.29, 0.717) is 11.9 Å². The van der Waals surface area contributed by atoms with Gasteiger partial charge in [-0.15, -0.1) is 0 Å². The molecule has 1 aromatic rings. The number of aromatic nitrogens is 1. The molecule has 1 unspecified atom stereocenters. The van der Waals surface area contributed by atoms with Crippen molar-refractivity contribution in [1.82, 2.24) is 4.98 Å². The van der Waals surface area contributed by atoms with Crippen molar-refractivity contribution in [2.24, 2.45) is 0 Å². The van der Waals surface area contributed by atoms with Crippen molar-refractivity contribution in [2.75, 3.05) is 18.1 Å². The van der Waals surface area contributed by atoms with E-state index >= 15 is 0 Å². The maximum atomic E-state index is 5.55. The number of nitrogens with zero attached hydrogens (tertiary/aromatic N) is 1. The van der Waals surface area contributed by atoms with Gasteiger partial charge in [0, 0.05) is 24.3 Å². The van der Waals surface area contributed by atoms with Gasteiger partial charge >= 0.3 is 0 Å². The highest BCUT2D eigenvalue weighted by molar-refractivity contribution is 7.98. The smallest absolute Gasteiger partial charge is 0.123 e. The van der Waals surface area contributed by atoms with Gasteiger partial charge in [0.05, 0.1) is 6.10 Å². The van der Waals surface area contributed by atoms with E-state index in [1.807, 2.05) is 30.1 Å². The van der Waals surface area contributed by atoms with Crippen molar-refractivity contribution in [3.8, 4) is 0 Å². The van der Waals surface area contributed by atoms with Crippen LogP contribution < -0.4 is 5.73 Å². The molecule has 2 N–H and O–H groups in total. The number of hydrogen-bond donors (Lipinski definition) is 1. The average molecular weight is 224 g/mol. The van der Waals surface area contributed by atoms with E-state index in [9.17, 15) is 0 Å². The number of nitrogen functional groups attached to an aromatic ring is 1. The molecule has 15 heavy (non-hydrogen) atoms. The van der Waals surface area contributed by atoms with Crippen LogP contribution >= 0.6 is 11.8 Å². The van der Waals surface area contributed by atoms with Gasteiger partial charge in [0.15, 0.2) is 0 Å². The molecule has 2 rings (SSSR count). The Morgan fingerprint density at radius 1 is 1.53 bits per heavy atom. The van der Waals surface area contributed by atoms with E-state index in [1.165, 1.54) is 18.4 Å². The number of rotatable bonds is 4. The highest BCUT2D eigenvalue weighted by Crippen LogP contribution is 2.19. The molecule has 0 aromatic carbocycles. The number of anilines is 1. The van der Waals surface area contributed by atoms with E-state index in [0.717, 1.165) is 18.1 Å². The summed E-state index contributed by atoms with van der Waals surface area (Å²) in [5.74, 6) is 2.67. The van der Waals surface area contributed by atoms with Crippen LogP contribution in [-0.4, -0.2) is 23.4 Å². The van der Waals surface area contributed by atoms with E-state index in [-0.39, 0.29) is 0 Å². The van der Waals surface area contributed by atoms with E-state index in [1.54, 1.807) is 0 Å². The highest BCUT2D eigenvalue weighted by Gasteiger charge is 2.14. The summed E-state index contributed by atoms with van der Waals surface area (Å²) >= 11 is 1.90. The number of ether oxygens (including phenoxy) is 1. The standard InChI is InChI=1S/C11H16N2OS/c12-11-4-3-9(6-13-11)7-15-8-10-2-1-5-14-10/h3-4,6,10H,1-2,5,7-8H2,(H2,12,13). The molecule has 0 bridgehead atoms. The molecule has 1 saturated heterocycles. The van der Waals surface area contributed by atoms with Crippen LogP contribution in [0, 0.1) is 0 Å². The third-order valence-electron chi connectivity index (χ3n) is 2.44. The Kier molecular flexibility index (Phi) is 3.86. The van der Waals surface area contributed by atoms with Gasteiger partial charge in [-0.05, 0) is 24.5 Å². The van der Waals surface area contributed by atoms with Crippen LogP contribution in [0.2, 0.25) is 0 Å². The van der Waals surface area contributed by atoms with E-state index in [4.69, 9.17) is 10.5 Å². The number of thioether (sulfide) groups is 1. The fourth-order valence-electron chi connectivity index (χ4n) is 1.61. The summed E-state index contributed by atoms with van der Waals surface area (Å²) in [4.78, 5) is 4.06. The second-order valence-electron chi connectivity index (χ2n) is 3.74. The summed E-state index contributed by atoms with van der Waals surface area (Å²) in [5.41, 5.74) is 6.75. The van der Waals surface area contributed by atoms with Gasteiger partial charge in [0.25, 0.3) is 0 Å². The van der Waals surface area contributed by atoms with Gasteiger partial charge in [-0.1, -0.05) is 6.07 Å². The first kappa shape index (κ1) is 10.8. The van der Waals surface area contributed by atoms with Gasteiger partial charge in [-0.2, -0.15) is 11.8 Å². The van der Waals surface area contributed by atoms with Crippen LogP contribution in [0.4, 0.5) is 5.82 Å². The lowest BCUT2D eigenvalue weighted by atomic mass is 10.3. The maximum absolute atomic E-state index is 5.55. The van der Waals surface area contributed by atoms with Crippen molar-refractivity contribution in [3.63, 3.8) is 0 Å². The molecule has 0 radical (unpaired) electrons. The van der Waals surface area contributed by atoms with Crippen molar-refractivity contribution < 1.29 is 4.74 Å². The summed E-state index contributed by atoms with van der Waals surface area (Å²) in [7, 11) is 0. The largest absolute Gasteiger partial charge is 0.384 e. The zero-order chi connectivity index (χ0) is 10.5. The third-order valence-corrected chi connectivity index (χ3v) is 3.59. The lowest BCUT2D eigenvalue weighted by Crippen LogP contribution is -2.07. The molecule has 1 aliphatic rings. The van der Waals surface area contributed by atoms with Crippen LogP contribution in [0.3, 0.4) is 0 Å². The Bertz CT molecular complexity index is 296. The maximum Gasteiger partial charge on any atom is 0.123 e. The molecule has 0 aliphatic carbocycles. The van der Waals surface area contributed by atoms with Gasteiger partial charge in [-0.25, -0.2) is 4.98 Å². The summed E-state index contributed by atoms with van der Waals surface area (Å²) in [5, 5.41) is 0. The Morgan fingerprint density at radius 2 is 2.47 bits per heavy atom. The Balaban J connectivity index is 1.71. The van der Waals surface area contributed by atoms with Crippen LogP contribution in [0.15, 0.2) is 18.3 Å². The van der Waals surface area contributed by atoms with Gasteiger partial charge in [0.1, 0.15) is 5.82 Å². The average Bonchev–Trinajstić information content (AvgIpc) is 2.74. The normalized spacial score (nSPS) is 20.7. The van der Waals surface area contributed by atoms with Crippen LogP contribution in [0.25, 0.3) is 0 Å². The third kappa shape index (κ3) is 3.39. The molecule has 4 heteroatoms. The molecule has 1 fully saturated rings. The minimum atomic E-state index is 0.469. The monoisotopic (exact) mass is 224 g/mol. The molecule has 0 spiro atoms. The zero-order valence-corrected chi connectivity index (χ0v) is 9.50. The van der Waals surface area contributed by atoms with Crippen LogP contribution in [0.1, 0.15) is 18.4 Å². The molecule has 1 aromatic heterocycles. The molecule has 0 saturated carbocycles. The number of pyridine rings is 1. The minimum absolute atomic E-state index is 0.469. The minimum Gasteiger partial charge on any atom is -0.384 e. The lowest BCUT2D eigenvalue weighted by Gasteiger charge is -2.08. The summed E-state index contributed by atoms with van der Waals surface area (Å²) in [6.07, 6.45) is 4.75. The van der Waals surface area contributed by atoms with E-state index in [2.05, 4.69) is 4.98 Å². The predicted molar refractivity (Wildman–Crippen MR) is 63.8 cm³/mol. The first-order valence-corrected chi connectivity index (χ1v) is 6.40. The Morgan fingerprint density at radius 3 is 3.13 bits per heavy atom. The molecule has 1 atom stereocenters. The summed E-state index contributed by atoms with van der Waals surface area (Å²) in [6.45, 7) is 0.939. The molecule has 3 nitrogen and oxygen atoms in total. The number of hydrogen-bond acceptors (Lipinski definition) is 4. The fraction of sp³-hybridized carbons (Fsp3) is 0.545. The molecule has 0 amide bonds. The van der Waals surface area contributed by atoms with Crippen molar-refractivity contribution >= 4 is 17.6 Å². The van der Waals surface area contributed by atoms with Crippen molar-refractivity contribution in [2.45, 2.75) is 24.7 Å².